The lowest BCUT2D eigenvalue weighted by Gasteiger charge is -2.28. The van der Waals surface area contributed by atoms with Crippen LogP contribution in [0.4, 0.5) is 0 Å². The highest BCUT2D eigenvalue weighted by molar-refractivity contribution is 5.47. The first-order valence-electron chi connectivity index (χ1n) is 7.90. The second-order valence-electron chi connectivity index (χ2n) is 5.85. The second kappa shape index (κ2) is 6.80. The Morgan fingerprint density at radius 1 is 1.18 bits per heavy atom. The molecule has 0 saturated heterocycles. The molecule has 2 unspecified atom stereocenters. The maximum atomic E-state index is 6.07. The van der Waals surface area contributed by atoms with Gasteiger partial charge in [-0.3, -0.25) is 0 Å². The number of ether oxygens (including phenoxy) is 1. The highest BCUT2D eigenvalue weighted by Crippen LogP contribution is 2.42. The summed E-state index contributed by atoms with van der Waals surface area (Å²) in [6.45, 7) is 5.55. The van der Waals surface area contributed by atoms with Gasteiger partial charge in [-0.05, 0) is 43.1 Å². The maximum Gasteiger partial charge on any atom is 0.123 e. The van der Waals surface area contributed by atoms with Crippen LogP contribution in [0.25, 0.3) is 0 Å². The van der Waals surface area contributed by atoms with E-state index in [2.05, 4.69) is 54.4 Å². The Bertz CT molecular complexity index is 602. The number of allylic oxidation sites excluding steroid dienone is 1. The number of nitrogens with one attached hydrogen (secondary N) is 1. The molecule has 0 fully saturated rings. The van der Waals surface area contributed by atoms with Crippen LogP contribution in [0.3, 0.4) is 0 Å². The fraction of sp³-hybridized carbons (Fsp3) is 0.300. The molecule has 1 heterocycles. The van der Waals surface area contributed by atoms with Crippen molar-refractivity contribution in [2.45, 2.75) is 18.9 Å². The molecule has 1 N–H and O–H groups in total. The Morgan fingerprint density at radius 3 is 2.68 bits per heavy atom. The van der Waals surface area contributed by atoms with Gasteiger partial charge >= 0.3 is 0 Å². The van der Waals surface area contributed by atoms with Crippen molar-refractivity contribution in [2.24, 2.45) is 5.92 Å². The minimum absolute atomic E-state index is 0.334. The Kier molecular flexibility index (Phi) is 4.59. The van der Waals surface area contributed by atoms with Gasteiger partial charge in [0, 0.05) is 11.5 Å². The summed E-state index contributed by atoms with van der Waals surface area (Å²) in [5.41, 5.74) is 3.96. The standard InChI is InChI=1S/C20H23NO/c1-3-8-15(13-21-2)20-17-10-5-4-9-16(17)14-22-19-12-7-6-11-18(19)20/h3-7,9-12,15,20-21H,1,8,13-14H2,2H3. The Hall–Kier alpha value is -2.06. The van der Waals surface area contributed by atoms with Crippen molar-refractivity contribution in [1.29, 1.82) is 0 Å². The molecule has 0 spiro atoms. The van der Waals surface area contributed by atoms with Gasteiger partial charge in [0.2, 0.25) is 0 Å². The SMILES string of the molecule is C=CCC(CNC)C1c2ccccc2COc2ccccc21. The fourth-order valence-corrected chi connectivity index (χ4v) is 3.48. The van der Waals surface area contributed by atoms with Gasteiger partial charge < -0.3 is 10.1 Å². The second-order valence-corrected chi connectivity index (χ2v) is 5.85. The van der Waals surface area contributed by atoms with Gasteiger partial charge in [-0.2, -0.15) is 0 Å². The molecule has 2 nitrogen and oxygen atoms in total. The molecule has 0 aliphatic carbocycles. The summed E-state index contributed by atoms with van der Waals surface area (Å²) in [5, 5.41) is 3.34. The average molecular weight is 293 g/mol. The third kappa shape index (κ3) is 2.79. The zero-order valence-electron chi connectivity index (χ0n) is 13.1. The molecule has 2 heteroatoms. The minimum atomic E-state index is 0.334. The van der Waals surface area contributed by atoms with Gasteiger partial charge in [0.05, 0.1) is 0 Å². The molecule has 114 valence electrons. The molecule has 2 aromatic carbocycles. The summed E-state index contributed by atoms with van der Waals surface area (Å²) in [4.78, 5) is 0. The number of fused-ring (bicyclic) bond motifs is 2. The van der Waals surface area contributed by atoms with Gasteiger partial charge in [0.15, 0.2) is 0 Å². The van der Waals surface area contributed by atoms with Crippen molar-refractivity contribution >= 4 is 0 Å². The lowest BCUT2D eigenvalue weighted by molar-refractivity contribution is 0.306. The molecule has 0 aromatic heterocycles. The molecule has 0 saturated carbocycles. The van der Waals surface area contributed by atoms with E-state index in [1.807, 2.05) is 19.2 Å². The highest BCUT2D eigenvalue weighted by Gasteiger charge is 2.30. The van der Waals surface area contributed by atoms with Gasteiger partial charge in [-0.25, -0.2) is 0 Å². The number of rotatable bonds is 5. The van der Waals surface area contributed by atoms with Crippen LogP contribution in [-0.2, 0) is 6.61 Å². The van der Waals surface area contributed by atoms with Crippen molar-refractivity contribution in [1.82, 2.24) is 5.32 Å². The summed E-state index contributed by atoms with van der Waals surface area (Å²) in [7, 11) is 2.01. The van der Waals surface area contributed by atoms with E-state index in [-0.39, 0.29) is 0 Å². The molecule has 22 heavy (non-hydrogen) atoms. The van der Waals surface area contributed by atoms with Gasteiger partial charge in [-0.15, -0.1) is 6.58 Å². The van der Waals surface area contributed by atoms with Crippen LogP contribution in [0.1, 0.15) is 29.0 Å². The van der Waals surface area contributed by atoms with Crippen molar-refractivity contribution in [3.8, 4) is 5.75 Å². The van der Waals surface area contributed by atoms with E-state index in [0.29, 0.717) is 18.4 Å². The first kappa shape index (κ1) is 14.9. The molecule has 0 radical (unpaired) electrons. The van der Waals surface area contributed by atoms with E-state index in [1.54, 1.807) is 0 Å². The number of benzene rings is 2. The van der Waals surface area contributed by atoms with E-state index in [0.717, 1.165) is 18.7 Å². The van der Waals surface area contributed by atoms with Gasteiger partial charge in [-0.1, -0.05) is 48.5 Å². The van der Waals surface area contributed by atoms with E-state index < -0.39 is 0 Å². The van der Waals surface area contributed by atoms with Crippen molar-refractivity contribution < 1.29 is 4.74 Å². The van der Waals surface area contributed by atoms with Crippen molar-refractivity contribution in [3.63, 3.8) is 0 Å². The molecule has 2 atom stereocenters. The first-order valence-corrected chi connectivity index (χ1v) is 7.90. The smallest absolute Gasteiger partial charge is 0.123 e. The number of para-hydroxylation sites is 1. The van der Waals surface area contributed by atoms with Crippen molar-refractivity contribution in [3.05, 3.63) is 77.9 Å². The van der Waals surface area contributed by atoms with Gasteiger partial charge in [0.1, 0.15) is 12.4 Å². The minimum Gasteiger partial charge on any atom is -0.489 e. The lowest BCUT2D eigenvalue weighted by atomic mass is 9.77. The molecule has 0 bridgehead atoms. The number of hydrogen-bond acceptors (Lipinski definition) is 2. The molecule has 2 aromatic rings. The Labute approximate surface area is 132 Å². The Morgan fingerprint density at radius 2 is 1.91 bits per heavy atom. The van der Waals surface area contributed by atoms with Gasteiger partial charge in [0.25, 0.3) is 0 Å². The van der Waals surface area contributed by atoms with Crippen LogP contribution in [0.15, 0.2) is 61.2 Å². The number of hydrogen-bond donors (Lipinski definition) is 1. The normalized spacial score (nSPS) is 17.6. The van der Waals surface area contributed by atoms with E-state index in [4.69, 9.17) is 4.74 Å². The predicted octanol–water partition coefficient (Wildman–Crippen LogP) is 4.12. The topological polar surface area (TPSA) is 21.3 Å². The van der Waals surface area contributed by atoms with Crippen LogP contribution < -0.4 is 10.1 Å². The van der Waals surface area contributed by atoms with Crippen LogP contribution in [0.5, 0.6) is 5.75 Å². The van der Waals surface area contributed by atoms with Crippen LogP contribution >= 0.6 is 0 Å². The monoisotopic (exact) mass is 293 g/mol. The first-order chi connectivity index (χ1) is 10.8. The van der Waals surface area contributed by atoms with Crippen LogP contribution in [0, 0.1) is 5.92 Å². The lowest BCUT2D eigenvalue weighted by Crippen LogP contribution is -2.25. The largest absolute Gasteiger partial charge is 0.489 e. The molecule has 0 amide bonds. The maximum absolute atomic E-state index is 6.07. The molecule has 3 rings (SSSR count). The van der Waals surface area contributed by atoms with Crippen molar-refractivity contribution in [2.75, 3.05) is 13.6 Å². The Balaban J connectivity index is 2.14. The van der Waals surface area contributed by atoms with Crippen LogP contribution in [-0.4, -0.2) is 13.6 Å². The summed E-state index contributed by atoms with van der Waals surface area (Å²) < 4.78 is 6.07. The fourth-order valence-electron chi connectivity index (χ4n) is 3.48. The quantitative estimate of drug-likeness (QED) is 0.837. The van der Waals surface area contributed by atoms with E-state index in [1.165, 1.54) is 16.7 Å². The molecule has 1 aliphatic rings. The highest BCUT2D eigenvalue weighted by atomic mass is 16.5. The third-order valence-corrected chi connectivity index (χ3v) is 4.43. The van der Waals surface area contributed by atoms with E-state index in [9.17, 15) is 0 Å². The van der Waals surface area contributed by atoms with E-state index >= 15 is 0 Å². The predicted molar refractivity (Wildman–Crippen MR) is 91.3 cm³/mol. The molecular weight excluding hydrogens is 270 g/mol. The summed E-state index contributed by atoms with van der Waals surface area (Å²) in [5.74, 6) is 1.81. The molecule has 1 aliphatic heterocycles. The average Bonchev–Trinajstić information content (AvgIpc) is 2.71. The summed E-state index contributed by atoms with van der Waals surface area (Å²) >= 11 is 0. The zero-order chi connectivity index (χ0) is 15.4. The third-order valence-electron chi connectivity index (χ3n) is 4.43. The zero-order valence-corrected chi connectivity index (χ0v) is 13.1. The van der Waals surface area contributed by atoms with Crippen LogP contribution in [0.2, 0.25) is 0 Å². The summed E-state index contributed by atoms with van der Waals surface area (Å²) in [6.07, 6.45) is 3.01. The molecular formula is C20H23NO. The summed E-state index contributed by atoms with van der Waals surface area (Å²) in [6, 6.07) is 17.1.